The lowest BCUT2D eigenvalue weighted by Crippen LogP contribution is -2.22. The van der Waals surface area contributed by atoms with Gasteiger partial charge in [-0.25, -0.2) is 18.8 Å². The van der Waals surface area contributed by atoms with Crippen molar-refractivity contribution in [1.82, 2.24) is 9.55 Å². The van der Waals surface area contributed by atoms with Crippen molar-refractivity contribution in [3.05, 3.63) is 105 Å². The molecule has 0 saturated carbocycles. The highest BCUT2D eigenvalue weighted by molar-refractivity contribution is 7.13. The first-order chi connectivity index (χ1) is 17.4. The monoisotopic (exact) mass is 503 g/mol. The molecule has 2 aromatic heterocycles. The van der Waals surface area contributed by atoms with Crippen molar-refractivity contribution in [3.63, 3.8) is 0 Å². The fourth-order valence-corrected chi connectivity index (χ4v) is 4.50. The predicted octanol–water partition coefficient (Wildman–Crippen LogP) is 5.92. The van der Waals surface area contributed by atoms with Gasteiger partial charge in [0.05, 0.1) is 24.9 Å². The minimum absolute atomic E-state index is 0.151. The van der Waals surface area contributed by atoms with Gasteiger partial charge in [0.1, 0.15) is 5.75 Å². The van der Waals surface area contributed by atoms with Crippen molar-refractivity contribution >= 4 is 33.5 Å². The van der Waals surface area contributed by atoms with Gasteiger partial charge in [0.15, 0.2) is 11.6 Å². The van der Waals surface area contributed by atoms with E-state index in [1.807, 2.05) is 12.1 Å². The summed E-state index contributed by atoms with van der Waals surface area (Å²) in [6, 6.07) is 17.7. The number of ether oxygens (including phenoxy) is 1. The van der Waals surface area contributed by atoms with E-state index in [1.54, 1.807) is 48.9 Å². The number of methoxy groups -OCH3 is 1. The molecule has 2 heterocycles. The van der Waals surface area contributed by atoms with E-state index in [9.17, 15) is 18.7 Å². The van der Waals surface area contributed by atoms with E-state index >= 15 is 0 Å². The molecule has 6 nitrogen and oxygen atoms in total. The molecule has 36 heavy (non-hydrogen) atoms. The Bertz CT molecular complexity index is 1660. The summed E-state index contributed by atoms with van der Waals surface area (Å²) >= 11 is 1.21. The van der Waals surface area contributed by atoms with Crippen LogP contribution in [-0.2, 0) is 6.54 Å². The van der Waals surface area contributed by atoms with Gasteiger partial charge in [-0.1, -0.05) is 30.3 Å². The first-order valence-electron chi connectivity index (χ1n) is 10.9. The van der Waals surface area contributed by atoms with Gasteiger partial charge in [-0.05, 0) is 42.0 Å². The highest BCUT2D eigenvalue weighted by atomic mass is 32.1. The molecule has 0 radical (unpaired) electrons. The summed E-state index contributed by atoms with van der Waals surface area (Å²) in [5.74, 6) is -1.43. The molecule has 1 N–H and O–H groups in total. The molecular weight excluding hydrogens is 484 g/mol. The van der Waals surface area contributed by atoms with E-state index < -0.39 is 11.6 Å². The number of rotatable bonds is 6. The number of hydrogen-bond donors (Lipinski definition) is 1. The molecular formula is C27H19F2N3O3S. The topological polar surface area (TPSA) is 76.7 Å². The number of aromatic nitrogens is 2. The molecule has 0 unspecified atom stereocenters. The number of hydrogen-bond acceptors (Lipinski definition) is 6. The minimum Gasteiger partial charge on any atom is -0.497 e. The Morgan fingerprint density at radius 3 is 2.53 bits per heavy atom. The lowest BCUT2D eigenvalue weighted by Gasteiger charge is -2.14. The van der Waals surface area contributed by atoms with Crippen LogP contribution in [0.2, 0.25) is 0 Å². The molecule has 5 aromatic rings. The van der Waals surface area contributed by atoms with Gasteiger partial charge in [0.2, 0.25) is 11.0 Å². The van der Waals surface area contributed by atoms with E-state index in [1.165, 1.54) is 28.2 Å². The third kappa shape index (κ3) is 4.48. The second-order valence-corrected chi connectivity index (χ2v) is 8.76. The lowest BCUT2D eigenvalue weighted by atomic mass is 10.1. The molecule has 3 aromatic carbocycles. The Labute approximate surface area is 208 Å². The fraction of sp³-hybridized carbons (Fsp3) is 0.0741. The van der Waals surface area contributed by atoms with Crippen molar-refractivity contribution in [2.75, 3.05) is 7.11 Å². The van der Waals surface area contributed by atoms with Crippen LogP contribution in [0.5, 0.6) is 11.6 Å². The first kappa shape index (κ1) is 23.4. The molecule has 0 spiro atoms. The van der Waals surface area contributed by atoms with Gasteiger partial charge >= 0.3 is 0 Å². The second-order valence-electron chi connectivity index (χ2n) is 7.92. The van der Waals surface area contributed by atoms with Crippen LogP contribution >= 0.6 is 11.3 Å². The molecule has 0 bridgehead atoms. The minimum atomic E-state index is -0.957. The molecule has 5 rings (SSSR count). The molecule has 180 valence electrons. The molecule has 0 aliphatic heterocycles. The summed E-state index contributed by atoms with van der Waals surface area (Å²) in [5, 5.41) is 14.1. The Kier molecular flexibility index (Phi) is 6.30. The van der Waals surface area contributed by atoms with Crippen LogP contribution < -0.4 is 10.3 Å². The second kappa shape index (κ2) is 9.71. The van der Waals surface area contributed by atoms with Gasteiger partial charge in [0.25, 0.3) is 5.56 Å². The highest BCUT2D eigenvalue weighted by Crippen LogP contribution is 2.29. The van der Waals surface area contributed by atoms with Gasteiger partial charge in [-0.3, -0.25) is 9.36 Å². The van der Waals surface area contributed by atoms with E-state index in [-0.39, 0.29) is 18.0 Å². The molecule has 9 heteroatoms. The summed E-state index contributed by atoms with van der Waals surface area (Å²) in [6.07, 6.45) is 1.45. The third-order valence-electron chi connectivity index (χ3n) is 5.70. The Hall–Kier alpha value is -4.37. The summed E-state index contributed by atoms with van der Waals surface area (Å²) in [6.45, 7) is 0.151. The number of nitrogens with zero attached hydrogens (tertiary/aromatic N) is 3. The average Bonchev–Trinajstić information content (AvgIpc) is 3.37. The maximum atomic E-state index is 13.6. The van der Waals surface area contributed by atoms with Gasteiger partial charge < -0.3 is 9.84 Å². The van der Waals surface area contributed by atoms with Crippen LogP contribution in [0.4, 0.5) is 13.9 Å². The van der Waals surface area contributed by atoms with Crippen molar-refractivity contribution in [2.45, 2.75) is 6.54 Å². The standard InChI is InChI=1S/C27H19F2N3O3S/c1-35-18-9-6-16(7-10-18)14-32-25(33)20-5-3-2-4-19(20)21(26(32)34)13-30-27-31-24(15-36-27)17-8-11-22(28)23(29)12-17/h2-13,15,34H,14H2,1H3. The number of aromatic hydroxyl groups is 1. The smallest absolute Gasteiger partial charge is 0.261 e. The van der Waals surface area contributed by atoms with Crippen molar-refractivity contribution in [2.24, 2.45) is 4.99 Å². The van der Waals surface area contributed by atoms with Crippen molar-refractivity contribution in [3.8, 4) is 22.9 Å². The maximum Gasteiger partial charge on any atom is 0.261 e. The summed E-state index contributed by atoms with van der Waals surface area (Å²) in [5.41, 5.74) is 1.72. The molecule has 0 aliphatic carbocycles. The number of halogens is 2. The van der Waals surface area contributed by atoms with Gasteiger partial charge in [-0.2, -0.15) is 0 Å². The fourth-order valence-electron chi connectivity index (χ4n) is 3.83. The number of thiazole rings is 1. The van der Waals surface area contributed by atoms with Crippen LogP contribution in [0.15, 0.2) is 81.9 Å². The van der Waals surface area contributed by atoms with Gasteiger partial charge in [-0.15, -0.1) is 11.3 Å². The molecule has 0 fully saturated rings. The molecule has 0 amide bonds. The quantitative estimate of drug-likeness (QED) is 0.292. The largest absolute Gasteiger partial charge is 0.497 e. The molecule has 0 saturated heterocycles. The summed E-state index contributed by atoms with van der Waals surface area (Å²) in [7, 11) is 1.57. The third-order valence-corrected chi connectivity index (χ3v) is 6.45. The predicted molar refractivity (Wildman–Crippen MR) is 137 cm³/mol. The number of fused-ring (bicyclic) bond motifs is 1. The first-order valence-corrected chi connectivity index (χ1v) is 11.7. The van der Waals surface area contributed by atoms with Crippen LogP contribution in [0.1, 0.15) is 11.1 Å². The molecule has 0 atom stereocenters. The SMILES string of the molecule is COc1ccc(Cn2c(O)c(C=Nc3nc(-c4ccc(F)c(F)c4)cs3)c3ccccc3c2=O)cc1. The number of benzene rings is 3. The van der Waals surface area contributed by atoms with E-state index in [0.29, 0.717) is 38.5 Å². The Balaban J connectivity index is 1.53. The summed E-state index contributed by atoms with van der Waals surface area (Å²) < 4.78 is 33.3. The molecule has 0 aliphatic rings. The van der Waals surface area contributed by atoms with Crippen LogP contribution in [0, 0.1) is 11.6 Å². The van der Waals surface area contributed by atoms with Crippen molar-refractivity contribution < 1.29 is 18.6 Å². The summed E-state index contributed by atoms with van der Waals surface area (Å²) in [4.78, 5) is 21.9. The number of aliphatic imine (C=N–C) groups is 1. The lowest BCUT2D eigenvalue weighted by molar-refractivity contribution is 0.412. The normalized spacial score (nSPS) is 11.4. The Morgan fingerprint density at radius 1 is 1.06 bits per heavy atom. The van der Waals surface area contributed by atoms with Crippen LogP contribution in [-0.4, -0.2) is 28.0 Å². The maximum absolute atomic E-state index is 13.6. The van der Waals surface area contributed by atoms with Crippen molar-refractivity contribution in [1.29, 1.82) is 0 Å². The van der Waals surface area contributed by atoms with E-state index in [0.717, 1.165) is 17.7 Å². The van der Waals surface area contributed by atoms with Crippen LogP contribution in [0.3, 0.4) is 0 Å². The van der Waals surface area contributed by atoms with E-state index in [4.69, 9.17) is 4.74 Å². The van der Waals surface area contributed by atoms with E-state index in [2.05, 4.69) is 9.98 Å². The Morgan fingerprint density at radius 2 is 1.81 bits per heavy atom. The van der Waals surface area contributed by atoms with Gasteiger partial charge in [0, 0.05) is 27.9 Å². The van der Waals surface area contributed by atoms with Crippen LogP contribution in [0.25, 0.3) is 22.0 Å². The zero-order chi connectivity index (χ0) is 25.2. The number of pyridine rings is 1. The average molecular weight is 504 g/mol. The zero-order valence-corrected chi connectivity index (χ0v) is 19.8. The highest BCUT2D eigenvalue weighted by Gasteiger charge is 2.16. The zero-order valence-electron chi connectivity index (χ0n) is 19.0.